The Balaban J connectivity index is 2.14. The maximum atomic E-state index is 12.2. The quantitative estimate of drug-likeness (QED) is 0.557. The number of carbonyl (C=O) groups excluding carboxylic acids is 1. The monoisotopic (exact) mass is 247 g/mol. The summed E-state index contributed by atoms with van der Waals surface area (Å²) in [5.41, 5.74) is 1.57. The van der Waals surface area contributed by atoms with Gasteiger partial charge in [-0.3, -0.25) is 14.9 Å². The molecule has 3 rings (SSSR count). The average molecular weight is 247 g/mol. The molecule has 1 atom stereocenters. The van der Waals surface area contributed by atoms with E-state index in [-0.39, 0.29) is 17.6 Å². The molecule has 2 aliphatic rings. The predicted molar refractivity (Wildman–Crippen MR) is 66.9 cm³/mol. The topological polar surface area (TPSA) is 66.7 Å². The van der Waals surface area contributed by atoms with Gasteiger partial charge in [-0.15, -0.1) is 0 Å². The third-order valence-corrected chi connectivity index (χ3v) is 3.71. The van der Waals surface area contributed by atoms with Crippen LogP contribution in [0.3, 0.4) is 0 Å². The summed E-state index contributed by atoms with van der Waals surface area (Å²) in [4.78, 5) is 26.1. The minimum Gasteiger partial charge on any atom is -0.358 e. The summed E-state index contributed by atoms with van der Waals surface area (Å²) in [5.74, 6) is 0.0282. The molecular formula is C12H13N3O3. The molecule has 1 aromatic rings. The maximum Gasteiger partial charge on any atom is 0.271 e. The molecule has 1 amide bonds. The van der Waals surface area contributed by atoms with Crippen LogP contribution < -0.4 is 9.80 Å². The molecule has 1 aromatic carbocycles. The van der Waals surface area contributed by atoms with Crippen molar-refractivity contribution < 1.29 is 9.72 Å². The fourth-order valence-electron chi connectivity index (χ4n) is 2.79. The molecule has 1 unspecified atom stereocenters. The molecule has 1 saturated heterocycles. The second-order valence-corrected chi connectivity index (χ2v) is 4.68. The lowest BCUT2D eigenvalue weighted by atomic mass is 10.1. The van der Waals surface area contributed by atoms with Crippen LogP contribution in [0.4, 0.5) is 17.1 Å². The second kappa shape index (κ2) is 3.69. The zero-order chi connectivity index (χ0) is 12.9. The molecule has 2 aliphatic heterocycles. The molecule has 94 valence electrons. The first kappa shape index (κ1) is 11.0. The normalized spacial score (nSPS) is 21.8. The van der Waals surface area contributed by atoms with Crippen molar-refractivity contribution in [2.45, 2.75) is 18.9 Å². The molecule has 1 fully saturated rings. The van der Waals surface area contributed by atoms with Gasteiger partial charge in [0.2, 0.25) is 5.91 Å². The van der Waals surface area contributed by atoms with Gasteiger partial charge in [0.25, 0.3) is 5.69 Å². The first-order valence-electron chi connectivity index (χ1n) is 5.92. The van der Waals surface area contributed by atoms with Crippen LogP contribution in [0.1, 0.15) is 12.8 Å². The molecule has 0 aliphatic carbocycles. The van der Waals surface area contributed by atoms with Crippen LogP contribution in [0.2, 0.25) is 0 Å². The van der Waals surface area contributed by atoms with E-state index in [0.29, 0.717) is 5.69 Å². The second-order valence-electron chi connectivity index (χ2n) is 4.68. The molecule has 0 radical (unpaired) electrons. The van der Waals surface area contributed by atoms with Gasteiger partial charge in [-0.25, -0.2) is 0 Å². The van der Waals surface area contributed by atoms with Crippen LogP contribution >= 0.6 is 0 Å². The van der Waals surface area contributed by atoms with Crippen LogP contribution in [0.25, 0.3) is 0 Å². The highest BCUT2D eigenvalue weighted by Gasteiger charge is 2.39. The Labute approximate surface area is 104 Å². The van der Waals surface area contributed by atoms with Crippen LogP contribution in [0.15, 0.2) is 18.2 Å². The minimum atomic E-state index is -0.436. The molecular weight excluding hydrogens is 234 g/mol. The predicted octanol–water partition coefficient (Wildman–Crippen LogP) is 1.54. The first-order valence-corrected chi connectivity index (χ1v) is 5.92. The summed E-state index contributed by atoms with van der Waals surface area (Å²) in [6.45, 7) is 0.842. The average Bonchev–Trinajstić information content (AvgIpc) is 2.84. The van der Waals surface area contributed by atoms with Crippen molar-refractivity contribution >= 4 is 23.0 Å². The summed E-state index contributed by atoms with van der Waals surface area (Å²) in [6.07, 6.45) is 1.85. The van der Waals surface area contributed by atoms with Crippen LogP contribution in [0.5, 0.6) is 0 Å². The summed E-state index contributed by atoms with van der Waals surface area (Å²) in [6, 6.07) is 4.62. The zero-order valence-corrected chi connectivity index (χ0v) is 10.00. The van der Waals surface area contributed by atoms with Crippen molar-refractivity contribution in [1.82, 2.24) is 0 Å². The van der Waals surface area contributed by atoms with Crippen molar-refractivity contribution in [1.29, 1.82) is 0 Å². The van der Waals surface area contributed by atoms with E-state index in [4.69, 9.17) is 0 Å². The fourth-order valence-corrected chi connectivity index (χ4v) is 2.79. The number of nitro benzene ring substituents is 1. The van der Waals surface area contributed by atoms with Gasteiger partial charge in [-0.1, -0.05) is 0 Å². The van der Waals surface area contributed by atoms with Gasteiger partial charge in [-0.05, 0) is 18.9 Å². The third-order valence-electron chi connectivity index (χ3n) is 3.71. The van der Waals surface area contributed by atoms with E-state index in [1.54, 1.807) is 13.1 Å². The van der Waals surface area contributed by atoms with E-state index in [0.717, 1.165) is 25.1 Å². The van der Waals surface area contributed by atoms with E-state index < -0.39 is 4.92 Å². The lowest BCUT2D eigenvalue weighted by molar-refractivity contribution is -0.384. The molecule has 0 bridgehead atoms. The highest BCUT2D eigenvalue weighted by Crippen LogP contribution is 2.40. The Morgan fingerprint density at radius 3 is 2.89 bits per heavy atom. The Bertz CT molecular complexity index is 543. The molecule has 0 saturated carbocycles. The van der Waals surface area contributed by atoms with E-state index in [2.05, 4.69) is 4.90 Å². The maximum absolute atomic E-state index is 12.2. The van der Waals surface area contributed by atoms with Crippen molar-refractivity contribution in [3.05, 3.63) is 28.3 Å². The highest BCUT2D eigenvalue weighted by molar-refractivity contribution is 6.05. The lowest BCUT2D eigenvalue weighted by Gasteiger charge is -2.37. The number of likely N-dealkylation sites (N-methyl/N-ethyl adjacent to an activating group) is 1. The molecule has 0 N–H and O–H groups in total. The molecule has 18 heavy (non-hydrogen) atoms. The van der Waals surface area contributed by atoms with E-state index in [9.17, 15) is 14.9 Å². The van der Waals surface area contributed by atoms with Crippen LogP contribution in [-0.4, -0.2) is 30.5 Å². The molecule has 6 nitrogen and oxygen atoms in total. The van der Waals surface area contributed by atoms with E-state index >= 15 is 0 Å². The van der Waals surface area contributed by atoms with Gasteiger partial charge in [0.1, 0.15) is 6.04 Å². The number of fused-ring (bicyclic) bond motifs is 3. The minimum absolute atomic E-state index is 0.0195. The summed E-state index contributed by atoms with van der Waals surface area (Å²) in [5, 5.41) is 10.8. The number of benzene rings is 1. The van der Waals surface area contributed by atoms with Crippen molar-refractivity contribution in [3.63, 3.8) is 0 Å². The van der Waals surface area contributed by atoms with Gasteiger partial charge in [0, 0.05) is 25.7 Å². The zero-order valence-electron chi connectivity index (χ0n) is 10.00. The van der Waals surface area contributed by atoms with Gasteiger partial charge in [-0.2, -0.15) is 0 Å². The summed E-state index contributed by atoms with van der Waals surface area (Å²) in [7, 11) is 1.68. The van der Waals surface area contributed by atoms with Gasteiger partial charge in [0.15, 0.2) is 0 Å². The molecule has 0 aromatic heterocycles. The number of amides is 1. The number of rotatable bonds is 1. The Hall–Kier alpha value is -2.11. The lowest BCUT2D eigenvalue weighted by Crippen LogP contribution is -2.48. The number of non-ortho nitro benzene ring substituents is 1. The van der Waals surface area contributed by atoms with Crippen LogP contribution in [0, 0.1) is 10.1 Å². The smallest absolute Gasteiger partial charge is 0.271 e. The van der Waals surface area contributed by atoms with Crippen LogP contribution in [-0.2, 0) is 4.79 Å². The summed E-state index contributed by atoms with van der Waals surface area (Å²) >= 11 is 0. The van der Waals surface area contributed by atoms with Gasteiger partial charge in [0.05, 0.1) is 16.3 Å². The van der Waals surface area contributed by atoms with E-state index in [1.165, 1.54) is 17.0 Å². The molecule has 6 heteroatoms. The summed E-state index contributed by atoms with van der Waals surface area (Å²) < 4.78 is 0. The number of anilines is 2. The van der Waals surface area contributed by atoms with E-state index in [1.807, 2.05) is 0 Å². The van der Waals surface area contributed by atoms with Gasteiger partial charge >= 0.3 is 0 Å². The number of hydrogen-bond donors (Lipinski definition) is 0. The van der Waals surface area contributed by atoms with Crippen molar-refractivity contribution in [2.75, 3.05) is 23.4 Å². The molecule has 2 heterocycles. The number of nitro groups is 1. The van der Waals surface area contributed by atoms with Crippen molar-refractivity contribution in [3.8, 4) is 0 Å². The SMILES string of the molecule is CN1C(=O)C2CCCN2c2ccc([N+](=O)[O-])cc21. The highest BCUT2D eigenvalue weighted by atomic mass is 16.6. The fraction of sp³-hybridized carbons (Fsp3) is 0.417. The number of nitrogens with zero attached hydrogens (tertiary/aromatic N) is 3. The van der Waals surface area contributed by atoms with Gasteiger partial charge < -0.3 is 9.80 Å². The number of carbonyl (C=O) groups is 1. The Morgan fingerprint density at radius 2 is 2.17 bits per heavy atom. The third kappa shape index (κ3) is 1.38. The Kier molecular flexibility index (Phi) is 2.26. The standard InChI is InChI=1S/C12H13N3O3/c1-13-11-7-8(15(17)18)4-5-9(11)14-6-2-3-10(14)12(13)16/h4-5,7,10H,2-3,6H2,1H3. The Morgan fingerprint density at radius 1 is 1.39 bits per heavy atom. The molecule has 0 spiro atoms. The first-order chi connectivity index (χ1) is 8.59. The number of hydrogen-bond acceptors (Lipinski definition) is 4. The van der Waals surface area contributed by atoms with Crippen molar-refractivity contribution in [2.24, 2.45) is 0 Å². The largest absolute Gasteiger partial charge is 0.358 e.